The first-order valence-corrected chi connectivity index (χ1v) is 12.8. The highest BCUT2D eigenvalue weighted by Crippen LogP contribution is 2.30. The van der Waals surface area contributed by atoms with Gasteiger partial charge in [0.05, 0.1) is 18.7 Å². The van der Waals surface area contributed by atoms with Crippen LogP contribution < -0.4 is 5.32 Å². The molecule has 8 nitrogen and oxygen atoms in total. The van der Waals surface area contributed by atoms with Gasteiger partial charge in [0.1, 0.15) is 17.7 Å². The maximum atomic E-state index is 13.5. The summed E-state index contributed by atoms with van der Waals surface area (Å²) in [6, 6.07) is 13.9. The highest BCUT2D eigenvalue weighted by molar-refractivity contribution is 5.87. The number of nitriles is 1. The molecule has 4 rings (SSSR count). The fourth-order valence-corrected chi connectivity index (χ4v) is 5.08. The molecule has 0 bridgehead atoms. The van der Waals surface area contributed by atoms with Crippen molar-refractivity contribution < 1.29 is 23.2 Å². The lowest BCUT2D eigenvalue weighted by molar-refractivity contribution is -0.135. The molecule has 2 aliphatic heterocycles. The number of rotatable bonds is 8. The quantitative estimate of drug-likeness (QED) is 0.574. The lowest BCUT2D eigenvalue weighted by atomic mass is 9.96. The van der Waals surface area contributed by atoms with Gasteiger partial charge in [-0.25, -0.2) is 8.78 Å². The Labute approximate surface area is 220 Å². The third-order valence-corrected chi connectivity index (χ3v) is 7.13. The maximum Gasteiger partial charge on any atom is 0.243 e. The Kier molecular flexibility index (Phi) is 9.02. The van der Waals surface area contributed by atoms with Crippen molar-refractivity contribution in [3.63, 3.8) is 0 Å². The molecule has 2 aromatic carbocycles. The second-order valence-electron chi connectivity index (χ2n) is 9.57. The molecular formula is C28H31F2N5O3. The van der Waals surface area contributed by atoms with Crippen LogP contribution >= 0.6 is 0 Å². The van der Waals surface area contributed by atoms with Gasteiger partial charge in [-0.05, 0) is 48.2 Å². The highest BCUT2D eigenvalue weighted by atomic mass is 19.1. The fraction of sp³-hybridized carbons (Fsp3) is 0.429. The van der Waals surface area contributed by atoms with Crippen molar-refractivity contribution >= 4 is 17.7 Å². The molecule has 2 aromatic rings. The monoisotopic (exact) mass is 523 g/mol. The number of likely N-dealkylation sites (tertiary alicyclic amines) is 1. The Bertz CT molecular complexity index is 1130. The molecule has 0 radical (unpaired) electrons. The fourth-order valence-electron chi connectivity index (χ4n) is 5.08. The average Bonchev–Trinajstić information content (AvgIpc) is 3.42. The average molecular weight is 524 g/mol. The van der Waals surface area contributed by atoms with E-state index >= 15 is 0 Å². The standard InChI is InChI=1S/C28H31F2N5O3/c29-22-7-3-20(4-8-22)28(21-5-9-23(30)10-6-21)34-16-14-33(15-17-34)26(37)12-11-25(36)32-19-27(38)35-13-1-2-24(35)18-31/h3-10,24,28H,1-2,11-17,19H2,(H,32,36)/t24-/m0/s1. The Morgan fingerprint density at radius 2 is 1.45 bits per heavy atom. The van der Waals surface area contributed by atoms with Crippen LogP contribution in [0.4, 0.5) is 8.78 Å². The first-order valence-electron chi connectivity index (χ1n) is 12.8. The normalized spacial score (nSPS) is 17.9. The SMILES string of the molecule is N#C[C@@H]1CCCN1C(=O)CNC(=O)CCC(=O)N1CCN(C(c2ccc(F)cc2)c2ccc(F)cc2)CC1. The van der Waals surface area contributed by atoms with Crippen LogP contribution in [0.1, 0.15) is 42.9 Å². The number of amides is 3. The van der Waals surface area contributed by atoms with Crippen LogP contribution in [0.3, 0.4) is 0 Å². The molecule has 0 unspecified atom stereocenters. The van der Waals surface area contributed by atoms with Crippen molar-refractivity contribution in [3.05, 3.63) is 71.3 Å². The van der Waals surface area contributed by atoms with Crippen LogP contribution in [-0.2, 0) is 14.4 Å². The van der Waals surface area contributed by atoms with Gasteiger partial charge in [-0.2, -0.15) is 5.26 Å². The zero-order valence-corrected chi connectivity index (χ0v) is 21.1. The molecular weight excluding hydrogens is 492 g/mol. The summed E-state index contributed by atoms with van der Waals surface area (Å²) in [6.07, 6.45) is 1.42. The molecule has 1 atom stereocenters. The van der Waals surface area contributed by atoms with Crippen LogP contribution in [0.2, 0.25) is 0 Å². The van der Waals surface area contributed by atoms with Gasteiger partial charge in [-0.1, -0.05) is 24.3 Å². The molecule has 1 N–H and O–H groups in total. The lowest BCUT2D eigenvalue weighted by Gasteiger charge is -2.40. The van der Waals surface area contributed by atoms with Crippen molar-refractivity contribution in [1.29, 1.82) is 5.26 Å². The summed E-state index contributed by atoms with van der Waals surface area (Å²) >= 11 is 0. The molecule has 200 valence electrons. The van der Waals surface area contributed by atoms with E-state index in [9.17, 15) is 23.2 Å². The van der Waals surface area contributed by atoms with Crippen molar-refractivity contribution in [3.8, 4) is 6.07 Å². The largest absolute Gasteiger partial charge is 0.347 e. The number of hydrogen-bond donors (Lipinski definition) is 1. The number of carbonyl (C=O) groups is 3. The summed E-state index contributed by atoms with van der Waals surface area (Å²) < 4.78 is 27.1. The van der Waals surface area contributed by atoms with Crippen LogP contribution in [0.25, 0.3) is 0 Å². The van der Waals surface area contributed by atoms with Crippen LogP contribution in [0.15, 0.2) is 48.5 Å². The molecule has 0 spiro atoms. The van der Waals surface area contributed by atoms with E-state index in [1.807, 2.05) is 0 Å². The molecule has 0 saturated carbocycles. The van der Waals surface area contributed by atoms with E-state index in [2.05, 4.69) is 16.3 Å². The molecule has 2 fully saturated rings. The van der Waals surface area contributed by atoms with E-state index in [1.54, 1.807) is 29.2 Å². The molecule has 38 heavy (non-hydrogen) atoms. The lowest BCUT2D eigenvalue weighted by Crippen LogP contribution is -2.50. The smallest absolute Gasteiger partial charge is 0.243 e. The Morgan fingerprint density at radius 3 is 2.00 bits per heavy atom. The van der Waals surface area contributed by atoms with Gasteiger partial charge in [0, 0.05) is 45.6 Å². The predicted octanol–water partition coefficient (Wildman–Crippen LogP) is 2.61. The van der Waals surface area contributed by atoms with E-state index in [-0.39, 0.29) is 54.8 Å². The minimum absolute atomic E-state index is 0.0260. The first kappa shape index (κ1) is 27.2. The van der Waals surface area contributed by atoms with E-state index in [0.29, 0.717) is 39.1 Å². The summed E-state index contributed by atoms with van der Waals surface area (Å²) in [5.74, 6) is -1.49. The second-order valence-corrected chi connectivity index (χ2v) is 9.57. The molecule has 2 aliphatic rings. The first-order chi connectivity index (χ1) is 18.4. The number of benzene rings is 2. The highest BCUT2D eigenvalue weighted by Gasteiger charge is 2.30. The zero-order valence-electron chi connectivity index (χ0n) is 21.1. The number of carbonyl (C=O) groups excluding carboxylic acids is 3. The van der Waals surface area contributed by atoms with Gasteiger partial charge in [-0.3, -0.25) is 19.3 Å². The zero-order chi connectivity index (χ0) is 27.1. The van der Waals surface area contributed by atoms with Crippen molar-refractivity contribution in [2.45, 2.75) is 37.8 Å². The number of nitrogens with one attached hydrogen (secondary N) is 1. The van der Waals surface area contributed by atoms with Crippen LogP contribution in [0.5, 0.6) is 0 Å². The van der Waals surface area contributed by atoms with Gasteiger partial charge in [0.25, 0.3) is 0 Å². The van der Waals surface area contributed by atoms with E-state index in [0.717, 1.165) is 17.5 Å². The topological polar surface area (TPSA) is 96.8 Å². The number of nitrogens with zero attached hydrogens (tertiary/aromatic N) is 4. The summed E-state index contributed by atoms with van der Waals surface area (Å²) in [6.45, 7) is 2.37. The summed E-state index contributed by atoms with van der Waals surface area (Å²) in [4.78, 5) is 42.6. The molecule has 0 aromatic heterocycles. The Balaban J connectivity index is 1.27. The van der Waals surface area contributed by atoms with Gasteiger partial charge in [0.2, 0.25) is 17.7 Å². The Morgan fingerprint density at radius 1 is 0.868 bits per heavy atom. The third kappa shape index (κ3) is 6.72. The van der Waals surface area contributed by atoms with Crippen LogP contribution in [0, 0.1) is 23.0 Å². The molecule has 10 heteroatoms. The molecule has 3 amide bonds. The minimum atomic E-state index is -0.439. The van der Waals surface area contributed by atoms with Gasteiger partial charge in [-0.15, -0.1) is 0 Å². The van der Waals surface area contributed by atoms with Gasteiger partial charge >= 0.3 is 0 Å². The Hall–Kier alpha value is -3.84. The van der Waals surface area contributed by atoms with Crippen molar-refractivity contribution in [2.24, 2.45) is 0 Å². The van der Waals surface area contributed by atoms with E-state index in [1.165, 1.54) is 29.2 Å². The number of halogens is 2. The predicted molar refractivity (Wildman–Crippen MR) is 135 cm³/mol. The molecule has 0 aliphatic carbocycles. The van der Waals surface area contributed by atoms with Crippen LogP contribution in [-0.4, -0.2) is 77.7 Å². The third-order valence-electron chi connectivity index (χ3n) is 7.13. The van der Waals surface area contributed by atoms with E-state index < -0.39 is 6.04 Å². The summed E-state index contributed by atoms with van der Waals surface area (Å²) in [5, 5.41) is 11.7. The minimum Gasteiger partial charge on any atom is -0.347 e. The van der Waals surface area contributed by atoms with Gasteiger partial charge in [0.15, 0.2) is 0 Å². The summed E-state index contributed by atoms with van der Waals surface area (Å²) in [5.41, 5.74) is 1.75. The number of piperazine rings is 1. The molecule has 2 heterocycles. The van der Waals surface area contributed by atoms with E-state index in [4.69, 9.17) is 5.26 Å². The maximum absolute atomic E-state index is 13.5. The second kappa shape index (κ2) is 12.6. The van der Waals surface area contributed by atoms with Crippen molar-refractivity contribution in [1.82, 2.24) is 20.0 Å². The van der Waals surface area contributed by atoms with Gasteiger partial charge < -0.3 is 15.1 Å². The van der Waals surface area contributed by atoms with Crippen molar-refractivity contribution in [2.75, 3.05) is 39.3 Å². The summed E-state index contributed by atoms with van der Waals surface area (Å²) in [7, 11) is 0. The number of hydrogen-bond acceptors (Lipinski definition) is 5. The molecule has 2 saturated heterocycles.